The van der Waals surface area contributed by atoms with E-state index in [1.165, 1.54) is 84.3 Å². The number of ether oxygens (including phenoxy) is 1. The van der Waals surface area contributed by atoms with Crippen LogP contribution in [0.15, 0.2) is 0 Å². The van der Waals surface area contributed by atoms with E-state index in [9.17, 15) is 0 Å². The number of nitrogens with zero attached hydrogens (tertiary/aromatic N) is 3. The van der Waals surface area contributed by atoms with Gasteiger partial charge in [-0.25, -0.2) is 0 Å². The maximum absolute atomic E-state index is 6.00. The molecule has 0 aromatic carbocycles. The summed E-state index contributed by atoms with van der Waals surface area (Å²) in [5, 5.41) is 0. The Kier molecular flexibility index (Phi) is 6.54. The monoisotopic (exact) mass is 309 g/mol. The van der Waals surface area contributed by atoms with Gasteiger partial charge in [-0.15, -0.1) is 0 Å². The number of piperazine rings is 1. The van der Waals surface area contributed by atoms with E-state index in [0.29, 0.717) is 0 Å². The van der Waals surface area contributed by atoms with Gasteiger partial charge in [-0.3, -0.25) is 4.90 Å². The van der Waals surface area contributed by atoms with Gasteiger partial charge in [-0.1, -0.05) is 6.42 Å². The molecule has 0 spiro atoms. The highest BCUT2D eigenvalue weighted by atomic mass is 16.5. The van der Waals surface area contributed by atoms with Crippen molar-refractivity contribution in [1.82, 2.24) is 14.7 Å². The molecule has 3 aliphatic rings. The van der Waals surface area contributed by atoms with Crippen LogP contribution in [-0.4, -0.2) is 86.8 Å². The number of hydrogen-bond donors (Lipinski definition) is 0. The molecule has 0 amide bonds. The first-order chi connectivity index (χ1) is 10.8. The van der Waals surface area contributed by atoms with Crippen molar-refractivity contribution < 1.29 is 4.74 Å². The maximum atomic E-state index is 6.00. The van der Waals surface area contributed by atoms with Crippen LogP contribution in [-0.2, 0) is 4.74 Å². The summed E-state index contributed by atoms with van der Waals surface area (Å²) in [6.45, 7) is 10.8. The van der Waals surface area contributed by atoms with E-state index in [0.717, 1.165) is 25.2 Å². The molecule has 128 valence electrons. The lowest BCUT2D eigenvalue weighted by Crippen LogP contribution is -2.55. The third-order valence-electron chi connectivity index (χ3n) is 5.77. The van der Waals surface area contributed by atoms with Crippen LogP contribution in [0.3, 0.4) is 0 Å². The molecule has 0 radical (unpaired) electrons. The van der Waals surface area contributed by atoms with Crippen LogP contribution in [0.4, 0.5) is 0 Å². The number of piperidine rings is 2. The lowest BCUT2D eigenvalue weighted by molar-refractivity contribution is 0.00452. The van der Waals surface area contributed by atoms with Gasteiger partial charge in [0.1, 0.15) is 0 Å². The molecule has 0 aliphatic carbocycles. The number of fused-ring (bicyclic) bond motifs is 1. The molecule has 3 saturated heterocycles. The molecule has 0 aromatic heterocycles. The Hall–Kier alpha value is -0.160. The summed E-state index contributed by atoms with van der Waals surface area (Å²) in [7, 11) is 2.26. The summed E-state index contributed by atoms with van der Waals surface area (Å²) >= 11 is 0. The average Bonchev–Trinajstić information content (AvgIpc) is 2.55. The minimum atomic E-state index is 0.773. The molecule has 3 rings (SSSR count). The van der Waals surface area contributed by atoms with Crippen LogP contribution in [0.2, 0.25) is 0 Å². The Balaban J connectivity index is 1.25. The number of likely N-dealkylation sites (N-methyl/N-ethyl adjacent to an activating group) is 1. The molecule has 3 aliphatic heterocycles. The van der Waals surface area contributed by atoms with E-state index in [4.69, 9.17) is 4.74 Å². The largest absolute Gasteiger partial charge is 0.381 e. The molecule has 0 saturated carbocycles. The fourth-order valence-electron chi connectivity index (χ4n) is 4.37. The highest BCUT2D eigenvalue weighted by Crippen LogP contribution is 2.24. The molecule has 22 heavy (non-hydrogen) atoms. The van der Waals surface area contributed by atoms with Crippen molar-refractivity contribution in [2.75, 3.05) is 66.1 Å². The van der Waals surface area contributed by atoms with Crippen molar-refractivity contribution in [3.8, 4) is 0 Å². The van der Waals surface area contributed by atoms with Gasteiger partial charge in [-0.2, -0.15) is 0 Å². The number of likely N-dealkylation sites (tertiary alicyclic amines) is 1. The first-order valence-corrected chi connectivity index (χ1v) is 9.54. The van der Waals surface area contributed by atoms with Gasteiger partial charge in [0.05, 0.1) is 6.61 Å². The SMILES string of the molecule is CN1CCN2C[C@H](COCCCN3CCCCC3)CC[C@@H]2C1. The van der Waals surface area contributed by atoms with Crippen LogP contribution in [0.5, 0.6) is 0 Å². The molecule has 0 bridgehead atoms. The highest BCUT2D eigenvalue weighted by molar-refractivity contribution is 4.87. The van der Waals surface area contributed by atoms with Crippen LogP contribution in [0, 0.1) is 5.92 Å². The molecule has 4 nitrogen and oxygen atoms in total. The standard InChI is InChI=1S/C18H35N3O/c1-19-11-12-21-14-17(6-7-18(21)15-19)16-22-13-5-10-20-8-3-2-4-9-20/h17-18H,2-16H2,1H3/t17-,18-/m1/s1. The summed E-state index contributed by atoms with van der Waals surface area (Å²) in [6.07, 6.45) is 8.17. The van der Waals surface area contributed by atoms with Gasteiger partial charge in [0.25, 0.3) is 0 Å². The van der Waals surface area contributed by atoms with Gasteiger partial charge in [-0.05, 0) is 58.2 Å². The van der Waals surface area contributed by atoms with Crippen molar-refractivity contribution in [1.29, 1.82) is 0 Å². The van der Waals surface area contributed by atoms with E-state index >= 15 is 0 Å². The smallest absolute Gasteiger partial charge is 0.0506 e. The predicted molar refractivity (Wildman–Crippen MR) is 91.3 cm³/mol. The second-order valence-electron chi connectivity index (χ2n) is 7.69. The summed E-state index contributed by atoms with van der Waals surface area (Å²) in [5.74, 6) is 0.773. The van der Waals surface area contributed by atoms with E-state index in [-0.39, 0.29) is 0 Å². The number of hydrogen-bond acceptors (Lipinski definition) is 4. The van der Waals surface area contributed by atoms with Crippen LogP contribution in [0.1, 0.15) is 38.5 Å². The van der Waals surface area contributed by atoms with Gasteiger partial charge >= 0.3 is 0 Å². The zero-order chi connectivity index (χ0) is 15.2. The van der Waals surface area contributed by atoms with Gasteiger partial charge < -0.3 is 14.5 Å². The topological polar surface area (TPSA) is 19.0 Å². The Morgan fingerprint density at radius 1 is 0.955 bits per heavy atom. The van der Waals surface area contributed by atoms with E-state index in [2.05, 4.69) is 21.7 Å². The third kappa shape index (κ3) is 4.92. The maximum Gasteiger partial charge on any atom is 0.0506 e. The average molecular weight is 309 g/mol. The van der Waals surface area contributed by atoms with E-state index in [1.54, 1.807) is 0 Å². The Morgan fingerprint density at radius 3 is 2.68 bits per heavy atom. The van der Waals surface area contributed by atoms with Crippen molar-refractivity contribution in [2.45, 2.75) is 44.6 Å². The third-order valence-corrected chi connectivity index (χ3v) is 5.77. The molecule has 0 aromatic rings. The molecule has 3 heterocycles. The van der Waals surface area contributed by atoms with E-state index in [1.807, 2.05) is 0 Å². The first-order valence-electron chi connectivity index (χ1n) is 9.54. The van der Waals surface area contributed by atoms with Crippen LogP contribution < -0.4 is 0 Å². The minimum Gasteiger partial charge on any atom is -0.381 e. The Bertz CT molecular complexity index is 319. The van der Waals surface area contributed by atoms with Gasteiger partial charge in [0, 0.05) is 45.4 Å². The Labute approximate surface area is 136 Å². The second kappa shape index (κ2) is 8.62. The summed E-state index contributed by atoms with van der Waals surface area (Å²) < 4.78 is 6.00. The lowest BCUT2D eigenvalue weighted by atomic mass is 9.92. The van der Waals surface area contributed by atoms with Crippen LogP contribution >= 0.6 is 0 Å². The van der Waals surface area contributed by atoms with Crippen molar-refractivity contribution in [3.63, 3.8) is 0 Å². The predicted octanol–water partition coefficient (Wildman–Crippen LogP) is 1.91. The fraction of sp³-hybridized carbons (Fsp3) is 1.00. The minimum absolute atomic E-state index is 0.773. The summed E-state index contributed by atoms with van der Waals surface area (Å²) in [4.78, 5) is 7.81. The summed E-state index contributed by atoms with van der Waals surface area (Å²) in [5.41, 5.74) is 0. The first kappa shape index (κ1) is 16.7. The molecule has 2 atom stereocenters. The molecule has 0 unspecified atom stereocenters. The summed E-state index contributed by atoms with van der Waals surface area (Å²) in [6, 6.07) is 0.814. The lowest BCUT2D eigenvalue weighted by Gasteiger charge is -2.45. The molecule has 4 heteroatoms. The fourth-order valence-corrected chi connectivity index (χ4v) is 4.37. The van der Waals surface area contributed by atoms with Crippen molar-refractivity contribution >= 4 is 0 Å². The molecular weight excluding hydrogens is 274 g/mol. The molecular formula is C18H35N3O. The van der Waals surface area contributed by atoms with Crippen molar-refractivity contribution in [3.05, 3.63) is 0 Å². The van der Waals surface area contributed by atoms with Gasteiger partial charge in [0.15, 0.2) is 0 Å². The normalized spacial score (nSPS) is 32.0. The zero-order valence-electron chi connectivity index (χ0n) is 14.5. The quantitative estimate of drug-likeness (QED) is 0.698. The molecule has 0 N–H and O–H groups in total. The molecule has 3 fully saturated rings. The Morgan fingerprint density at radius 2 is 1.82 bits per heavy atom. The van der Waals surface area contributed by atoms with Gasteiger partial charge in [0.2, 0.25) is 0 Å². The zero-order valence-corrected chi connectivity index (χ0v) is 14.5. The van der Waals surface area contributed by atoms with Crippen LogP contribution in [0.25, 0.3) is 0 Å². The van der Waals surface area contributed by atoms with Crippen molar-refractivity contribution in [2.24, 2.45) is 5.92 Å². The number of rotatable bonds is 6. The highest BCUT2D eigenvalue weighted by Gasteiger charge is 2.31. The second-order valence-corrected chi connectivity index (χ2v) is 7.69. The van der Waals surface area contributed by atoms with E-state index < -0.39 is 0 Å².